The highest BCUT2D eigenvalue weighted by atomic mass is 32.1. The van der Waals surface area contributed by atoms with Crippen LogP contribution < -0.4 is 5.32 Å². The van der Waals surface area contributed by atoms with Crippen LogP contribution in [0.15, 0.2) is 12.2 Å². The Morgan fingerprint density at radius 3 is 2.96 bits per heavy atom. The summed E-state index contributed by atoms with van der Waals surface area (Å²) in [4.78, 5) is 25.3. The number of rotatable bonds is 4. The zero-order valence-electron chi connectivity index (χ0n) is 14.3. The van der Waals surface area contributed by atoms with Gasteiger partial charge in [0.1, 0.15) is 11.1 Å². The smallest absolute Gasteiger partial charge is 0.309 e. The molecule has 1 aromatic rings. The van der Waals surface area contributed by atoms with Crippen molar-refractivity contribution in [2.75, 3.05) is 11.9 Å². The van der Waals surface area contributed by atoms with Gasteiger partial charge in [0, 0.05) is 4.88 Å². The second-order valence-corrected chi connectivity index (χ2v) is 7.91. The average molecular weight is 358 g/mol. The number of esters is 1. The van der Waals surface area contributed by atoms with Gasteiger partial charge in [0.2, 0.25) is 0 Å². The van der Waals surface area contributed by atoms with Gasteiger partial charge in [0.25, 0.3) is 5.91 Å². The van der Waals surface area contributed by atoms with E-state index in [2.05, 4.69) is 24.4 Å². The van der Waals surface area contributed by atoms with Crippen molar-refractivity contribution >= 4 is 28.2 Å². The standard InChI is InChI=1S/C19H22N2O3S/c1-12-7-8-14-15(10-20)18(25-16(14)9-12)21-17(22)11-24-19(23)13-5-3-2-4-6-13/h2-3,12-13H,4-9,11H2,1H3,(H,21,22)/t12-,13+/m1/s1. The van der Waals surface area contributed by atoms with Crippen molar-refractivity contribution in [3.05, 3.63) is 28.2 Å². The number of allylic oxidation sites excluding steroid dienone is 2. The molecule has 0 aromatic carbocycles. The predicted molar refractivity (Wildman–Crippen MR) is 96.3 cm³/mol. The second kappa shape index (κ2) is 7.83. The molecule has 0 saturated heterocycles. The van der Waals surface area contributed by atoms with Gasteiger partial charge >= 0.3 is 5.97 Å². The van der Waals surface area contributed by atoms with Crippen LogP contribution in [-0.4, -0.2) is 18.5 Å². The number of carbonyl (C=O) groups is 2. The van der Waals surface area contributed by atoms with Crippen LogP contribution in [0.25, 0.3) is 0 Å². The van der Waals surface area contributed by atoms with Crippen molar-refractivity contribution in [1.82, 2.24) is 0 Å². The largest absolute Gasteiger partial charge is 0.455 e. The van der Waals surface area contributed by atoms with Crippen LogP contribution in [0.5, 0.6) is 0 Å². The minimum Gasteiger partial charge on any atom is -0.455 e. The maximum absolute atomic E-state index is 12.1. The van der Waals surface area contributed by atoms with E-state index in [9.17, 15) is 14.9 Å². The molecule has 1 aromatic heterocycles. The minimum atomic E-state index is -0.386. The number of carbonyl (C=O) groups excluding carboxylic acids is 2. The minimum absolute atomic E-state index is 0.150. The second-order valence-electron chi connectivity index (χ2n) is 6.80. The van der Waals surface area contributed by atoms with Crippen LogP contribution in [0.4, 0.5) is 5.00 Å². The number of amides is 1. The molecule has 3 rings (SSSR count). The summed E-state index contributed by atoms with van der Waals surface area (Å²) in [6.07, 6.45) is 9.26. The van der Waals surface area contributed by atoms with Crippen LogP contribution >= 0.6 is 11.3 Å². The Labute approximate surface area is 151 Å². The lowest BCUT2D eigenvalue weighted by atomic mass is 9.89. The molecule has 5 nitrogen and oxygen atoms in total. The summed E-state index contributed by atoms with van der Waals surface area (Å²) in [5.41, 5.74) is 1.65. The lowest BCUT2D eigenvalue weighted by Crippen LogP contribution is -2.25. The molecule has 132 valence electrons. The summed E-state index contributed by atoms with van der Waals surface area (Å²) in [5.74, 6) is -0.253. The highest BCUT2D eigenvalue weighted by Crippen LogP contribution is 2.39. The highest BCUT2D eigenvalue weighted by molar-refractivity contribution is 7.16. The van der Waals surface area contributed by atoms with E-state index in [0.717, 1.165) is 37.7 Å². The number of hydrogen-bond donors (Lipinski definition) is 1. The molecule has 0 unspecified atom stereocenters. The van der Waals surface area contributed by atoms with E-state index in [1.807, 2.05) is 6.08 Å². The van der Waals surface area contributed by atoms with Crippen LogP contribution in [0.3, 0.4) is 0 Å². The van der Waals surface area contributed by atoms with Gasteiger partial charge in [0.05, 0.1) is 11.5 Å². The molecule has 6 heteroatoms. The van der Waals surface area contributed by atoms with E-state index in [-0.39, 0.29) is 24.4 Å². The number of fused-ring (bicyclic) bond motifs is 1. The molecule has 2 aliphatic carbocycles. The number of nitrogens with one attached hydrogen (secondary N) is 1. The summed E-state index contributed by atoms with van der Waals surface area (Å²) in [6.45, 7) is 1.90. The summed E-state index contributed by atoms with van der Waals surface area (Å²) >= 11 is 1.48. The fourth-order valence-corrected chi connectivity index (χ4v) is 4.76. The Bertz CT molecular complexity index is 745. The van der Waals surface area contributed by atoms with Crippen molar-refractivity contribution < 1.29 is 14.3 Å². The Morgan fingerprint density at radius 1 is 1.40 bits per heavy atom. The molecule has 1 heterocycles. The average Bonchev–Trinajstić information content (AvgIpc) is 2.96. The van der Waals surface area contributed by atoms with Gasteiger partial charge in [-0.15, -0.1) is 11.3 Å². The first-order valence-corrected chi connectivity index (χ1v) is 9.56. The first-order chi connectivity index (χ1) is 12.1. The summed E-state index contributed by atoms with van der Waals surface area (Å²) in [5, 5.41) is 12.8. The Morgan fingerprint density at radius 2 is 2.24 bits per heavy atom. The van der Waals surface area contributed by atoms with Crippen LogP contribution in [0.1, 0.15) is 48.6 Å². The number of nitriles is 1. The molecule has 0 radical (unpaired) electrons. The van der Waals surface area contributed by atoms with Crippen LogP contribution in [0.2, 0.25) is 0 Å². The summed E-state index contributed by atoms with van der Waals surface area (Å²) < 4.78 is 5.14. The van der Waals surface area contributed by atoms with E-state index in [1.165, 1.54) is 16.2 Å². The number of anilines is 1. The first-order valence-electron chi connectivity index (χ1n) is 8.74. The molecular formula is C19H22N2O3S. The third kappa shape index (κ3) is 4.10. The van der Waals surface area contributed by atoms with E-state index >= 15 is 0 Å². The molecule has 2 atom stereocenters. The van der Waals surface area contributed by atoms with E-state index < -0.39 is 0 Å². The van der Waals surface area contributed by atoms with Crippen molar-refractivity contribution in [3.63, 3.8) is 0 Å². The molecular weight excluding hydrogens is 336 g/mol. The quantitative estimate of drug-likeness (QED) is 0.659. The summed E-state index contributed by atoms with van der Waals surface area (Å²) in [7, 11) is 0. The van der Waals surface area contributed by atoms with Crippen molar-refractivity contribution in [2.24, 2.45) is 11.8 Å². The fourth-order valence-electron chi connectivity index (χ4n) is 3.38. The predicted octanol–water partition coefficient (Wildman–Crippen LogP) is 3.58. The van der Waals surface area contributed by atoms with Crippen molar-refractivity contribution in [1.29, 1.82) is 5.26 Å². The SMILES string of the molecule is C[C@@H]1CCc2c(sc(NC(=O)COC(=O)[C@H]3CC=CCC3)c2C#N)C1. The Kier molecular flexibility index (Phi) is 5.54. The maximum Gasteiger partial charge on any atom is 0.309 e. The lowest BCUT2D eigenvalue weighted by molar-refractivity contribution is -0.151. The number of ether oxygens (including phenoxy) is 1. The molecule has 0 aliphatic heterocycles. The topological polar surface area (TPSA) is 79.2 Å². The molecule has 2 aliphatic rings. The normalized spacial score (nSPS) is 21.9. The van der Waals surface area contributed by atoms with Gasteiger partial charge in [-0.25, -0.2) is 0 Å². The first kappa shape index (κ1) is 17.7. The third-order valence-electron chi connectivity index (χ3n) is 4.82. The van der Waals surface area contributed by atoms with Crippen LogP contribution in [-0.2, 0) is 27.2 Å². The van der Waals surface area contributed by atoms with E-state index in [0.29, 0.717) is 22.9 Å². The van der Waals surface area contributed by atoms with Gasteiger partial charge in [-0.2, -0.15) is 5.26 Å². The van der Waals surface area contributed by atoms with Crippen molar-refractivity contribution in [2.45, 2.75) is 45.4 Å². The zero-order valence-corrected chi connectivity index (χ0v) is 15.2. The monoisotopic (exact) mass is 358 g/mol. The number of hydrogen-bond acceptors (Lipinski definition) is 5. The zero-order chi connectivity index (χ0) is 17.8. The van der Waals surface area contributed by atoms with Gasteiger partial charge in [-0.05, 0) is 50.0 Å². The van der Waals surface area contributed by atoms with Crippen molar-refractivity contribution in [3.8, 4) is 6.07 Å². The Balaban J connectivity index is 1.59. The molecule has 1 amide bonds. The Hall–Kier alpha value is -2.13. The third-order valence-corrected chi connectivity index (χ3v) is 5.99. The number of thiophene rings is 1. The molecule has 0 bridgehead atoms. The van der Waals surface area contributed by atoms with E-state index in [1.54, 1.807) is 0 Å². The van der Waals surface area contributed by atoms with Gasteiger partial charge in [-0.3, -0.25) is 9.59 Å². The van der Waals surface area contributed by atoms with Crippen LogP contribution in [0, 0.1) is 23.2 Å². The number of nitrogens with zero attached hydrogens (tertiary/aromatic N) is 1. The van der Waals surface area contributed by atoms with Gasteiger partial charge in [-0.1, -0.05) is 19.1 Å². The molecule has 25 heavy (non-hydrogen) atoms. The summed E-state index contributed by atoms with van der Waals surface area (Å²) in [6, 6.07) is 2.22. The molecule has 0 spiro atoms. The highest BCUT2D eigenvalue weighted by Gasteiger charge is 2.25. The van der Waals surface area contributed by atoms with E-state index in [4.69, 9.17) is 4.74 Å². The van der Waals surface area contributed by atoms with Gasteiger partial charge in [0.15, 0.2) is 6.61 Å². The molecule has 0 fully saturated rings. The molecule has 0 saturated carbocycles. The molecule has 1 N–H and O–H groups in total. The lowest BCUT2D eigenvalue weighted by Gasteiger charge is -2.17. The fraction of sp³-hybridized carbons (Fsp3) is 0.526. The maximum atomic E-state index is 12.1. The van der Waals surface area contributed by atoms with Gasteiger partial charge < -0.3 is 10.1 Å².